The lowest BCUT2D eigenvalue weighted by Gasteiger charge is -2.09. The first-order chi connectivity index (χ1) is 13.3. The van der Waals surface area contributed by atoms with Crippen molar-refractivity contribution >= 4 is 17.5 Å². The highest BCUT2D eigenvalue weighted by molar-refractivity contribution is 5.96. The van der Waals surface area contributed by atoms with Gasteiger partial charge in [0.25, 0.3) is 11.5 Å². The molecule has 1 amide bonds. The monoisotopic (exact) mass is 379 g/mol. The molecule has 0 aliphatic heterocycles. The fourth-order valence-electron chi connectivity index (χ4n) is 2.78. The Morgan fingerprint density at radius 3 is 2.61 bits per heavy atom. The lowest BCUT2D eigenvalue weighted by atomic mass is 10.1. The van der Waals surface area contributed by atoms with Gasteiger partial charge < -0.3 is 10.1 Å². The summed E-state index contributed by atoms with van der Waals surface area (Å²) in [6.45, 7) is 5.28. The minimum atomic E-state index is -0.608. The largest absolute Gasteiger partial charge is 0.458 e. The number of amides is 1. The summed E-state index contributed by atoms with van der Waals surface area (Å²) in [5, 5.41) is 2.53. The number of pyridine rings is 1. The number of carbonyl (C=O) groups is 2. The van der Waals surface area contributed by atoms with Crippen molar-refractivity contribution in [1.29, 1.82) is 0 Å². The van der Waals surface area contributed by atoms with Crippen molar-refractivity contribution in [1.82, 2.24) is 14.7 Å². The van der Waals surface area contributed by atoms with Gasteiger partial charge in [-0.3, -0.25) is 18.8 Å². The average molecular weight is 379 g/mol. The van der Waals surface area contributed by atoms with E-state index in [0.717, 1.165) is 16.8 Å². The molecule has 0 saturated heterocycles. The van der Waals surface area contributed by atoms with Crippen LogP contribution in [0.3, 0.4) is 0 Å². The summed E-state index contributed by atoms with van der Waals surface area (Å²) in [6.07, 6.45) is 0. The van der Waals surface area contributed by atoms with Crippen LogP contribution in [0.4, 0.5) is 0 Å². The van der Waals surface area contributed by atoms with Crippen molar-refractivity contribution in [2.24, 2.45) is 0 Å². The molecule has 7 nitrogen and oxygen atoms in total. The minimum Gasteiger partial charge on any atom is -0.458 e. The third kappa shape index (κ3) is 4.25. The Kier molecular flexibility index (Phi) is 5.54. The van der Waals surface area contributed by atoms with Gasteiger partial charge in [-0.15, -0.1) is 0 Å². The molecule has 28 heavy (non-hydrogen) atoms. The van der Waals surface area contributed by atoms with E-state index in [1.54, 1.807) is 24.3 Å². The van der Waals surface area contributed by atoms with Crippen molar-refractivity contribution in [3.05, 3.63) is 80.9 Å². The number of rotatable bonds is 5. The zero-order valence-electron chi connectivity index (χ0n) is 16.0. The number of hydrogen-bond donors (Lipinski definition) is 1. The first kappa shape index (κ1) is 19.3. The zero-order chi connectivity index (χ0) is 20.3. The molecule has 3 rings (SSSR count). The van der Waals surface area contributed by atoms with Crippen LogP contribution in [0.15, 0.2) is 47.3 Å². The van der Waals surface area contributed by atoms with E-state index in [0.29, 0.717) is 16.9 Å². The molecule has 1 N–H and O–H groups in total. The van der Waals surface area contributed by atoms with Crippen LogP contribution in [0.5, 0.6) is 0 Å². The highest BCUT2D eigenvalue weighted by atomic mass is 16.5. The quantitative estimate of drug-likeness (QED) is 0.686. The molecule has 1 aromatic carbocycles. The molecule has 0 spiro atoms. The second-order valence-electron chi connectivity index (χ2n) is 6.59. The molecule has 0 saturated carbocycles. The lowest BCUT2D eigenvalue weighted by molar-refractivity contribution is -0.143. The molecule has 0 bridgehead atoms. The SMILES string of the molecule is Cc1ccc(C(=O)NCC(=O)OCc2cc(=O)n3c(C)cccc3n2)cc1C. The molecular weight excluding hydrogens is 358 g/mol. The number of esters is 1. The molecule has 3 aromatic rings. The minimum absolute atomic E-state index is 0.141. The summed E-state index contributed by atoms with van der Waals surface area (Å²) >= 11 is 0. The predicted molar refractivity (Wildman–Crippen MR) is 104 cm³/mol. The average Bonchev–Trinajstić information content (AvgIpc) is 2.66. The summed E-state index contributed by atoms with van der Waals surface area (Å²) in [5.41, 5.74) is 3.94. The van der Waals surface area contributed by atoms with Crippen LogP contribution in [-0.4, -0.2) is 27.8 Å². The maximum absolute atomic E-state index is 12.2. The van der Waals surface area contributed by atoms with Gasteiger partial charge in [-0.05, 0) is 56.2 Å². The van der Waals surface area contributed by atoms with E-state index in [-0.39, 0.29) is 24.6 Å². The third-order valence-corrected chi connectivity index (χ3v) is 4.48. The van der Waals surface area contributed by atoms with Crippen LogP contribution >= 0.6 is 0 Å². The molecule has 7 heteroatoms. The highest BCUT2D eigenvalue weighted by Gasteiger charge is 2.11. The molecule has 2 heterocycles. The Morgan fingerprint density at radius 1 is 1.07 bits per heavy atom. The van der Waals surface area contributed by atoms with E-state index in [4.69, 9.17) is 4.74 Å². The maximum atomic E-state index is 12.2. The second kappa shape index (κ2) is 8.04. The molecular formula is C21H21N3O4. The lowest BCUT2D eigenvalue weighted by Crippen LogP contribution is -2.30. The zero-order valence-corrected chi connectivity index (χ0v) is 16.0. The van der Waals surface area contributed by atoms with Crippen LogP contribution in [0, 0.1) is 20.8 Å². The number of nitrogens with zero attached hydrogens (tertiary/aromatic N) is 2. The van der Waals surface area contributed by atoms with Gasteiger partial charge in [0, 0.05) is 17.3 Å². The van der Waals surface area contributed by atoms with Crippen molar-refractivity contribution < 1.29 is 14.3 Å². The fraction of sp³-hybridized carbons (Fsp3) is 0.238. The van der Waals surface area contributed by atoms with Gasteiger partial charge in [0.05, 0.1) is 5.69 Å². The number of aryl methyl sites for hydroxylation is 3. The highest BCUT2D eigenvalue weighted by Crippen LogP contribution is 2.09. The molecule has 0 fully saturated rings. The Labute approximate surface area is 162 Å². The van der Waals surface area contributed by atoms with Crippen LogP contribution in [-0.2, 0) is 16.1 Å². The van der Waals surface area contributed by atoms with Gasteiger partial charge in [0.1, 0.15) is 18.8 Å². The Bertz CT molecular complexity index is 1120. The predicted octanol–water partition coefficient (Wildman–Crippen LogP) is 2.09. The number of hydrogen-bond acceptors (Lipinski definition) is 5. The molecule has 0 unspecified atom stereocenters. The number of ether oxygens (including phenoxy) is 1. The van der Waals surface area contributed by atoms with Crippen LogP contribution in [0.2, 0.25) is 0 Å². The standard InChI is InChI=1S/C21H21N3O4/c1-13-7-8-16(9-14(13)2)21(27)22-11-20(26)28-12-17-10-19(25)24-15(3)5-4-6-18(24)23-17/h4-10H,11-12H2,1-3H3,(H,22,27). The molecule has 0 radical (unpaired) electrons. The fourth-order valence-corrected chi connectivity index (χ4v) is 2.78. The van der Waals surface area contributed by atoms with Crippen molar-refractivity contribution in [2.75, 3.05) is 6.54 Å². The second-order valence-corrected chi connectivity index (χ2v) is 6.59. The Balaban J connectivity index is 1.58. The third-order valence-electron chi connectivity index (χ3n) is 4.48. The van der Waals surface area contributed by atoms with Gasteiger partial charge >= 0.3 is 5.97 Å². The Hall–Kier alpha value is -3.48. The van der Waals surface area contributed by atoms with Crippen LogP contribution < -0.4 is 10.9 Å². The van der Waals surface area contributed by atoms with E-state index >= 15 is 0 Å². The van der Waals surface area contributed by atoms with E-state index < -0.39 is 5.97 Å². The van der Waals surface area contributed by atoms with Gasteiger partial charge in [-0.2, -0.15) is 0 Å². The van der Waals surface area contributed by atoms with E-state index in [9.17, 15) is 14.4 Å². The number of fused-ring (bicyclic) bond motifs is 1. The summed E-state index contributed by atoms with van der Waals surface area (Å²) in [5.74, 6) is -0.957. The van der Waals surface area contributed by atoms with E-state index in [1.165, 1.54) is 10.5 Å². The first-order valence-corrected chi connectivity index (χ1v) is 8.84. The summed E-state index contributed by atoms with van der Waals surface area (Å²) < 4.78 is 6.61. The van der Waals surface area contributed by atoms with Gasteiger partial charge in [-0.1, -0.05) is 12.1 Å². The Morgan fingerprint density at radius 2 is 1.86 bits per heavy atom. The topological polar surface area (TPSA) is 89.8 Å². The smallest absolute Gasteiger partial charge is 0.325 e. The first-order valence-electron chi connectivity index (χ1n) is 8.84. The van der Waals surface area contributed by atoms with Crippen molar-refractivity contribution in [3.8, 4) is 0 Å². The molecule has 0 aliphatic carbocycles. The number of benzene rings is 1. The van der Waals surface area contributed by atoms with Crippen LogP contribution in [0.1, 0.15) is 32.9 Å². The van der Waals surface area contributed by atoms with Gasteiger partial charge in [0.2, 0.25) is 0 Å². The number of aromatic nitrogens is 2. The molecule has 0 atom stereocenters. The van der Waals surface area contributed by atoms with Crippen molar-refractivity contribution in [2.45, 2.75) is 27.4 Å². The summed E-state index contributed by atoms with van der Waals surface area (Å²) in [6, 6.07) is 12.0. The molecule has 0 aliphatic rings. The van der Waals surface area contributed by atoms with Crippen molar-refractivity contribution in [3.63, 3.8) is 0 Å². The van der Waals surface area contributed by atoms with Crippen LogP contribution in [0.25, 0.3) is 5.65 Å². The summed E-state index contributed by atoms with van der Waals surface area (Å²) in [4.78, 5) is 40.6. The van der Waals surface area contributed by atoms with E-state index in [2.05, 4.69) is 10.3 Å². The summed E-state index contributed by atoms with van der Waals surface area (Å²) in [7, 11) is 0. The molecule has 2 aromatic heterocycles. The van der Waals surface area contributed by atoms with E-state index in [1.807, 2.05) is 32.9 Å². The normalized spacial score (nSPS) is 10.7. The molecule has 144 valence electrons. The number of carbonyl (C=O) groups excluding carboxylic acids is 2. The van der Waals surface area contributed by atoms with Gasteiger partial charge in [-0.25, -0.2) is 4.98 Å². The maximum Gasteiger partial charge on any atom is 0.325 e. The van der Waals surface area contributed by atoms with Gasteiger partial charge in [0.15, 0.2) is 0 Å². The number of nitrogens with one attached hydrogen (secondary N) is 1.